The van der Waals surface area contributed by atoms with Gasteiger partial charge in [-0.2, -0.15) is 0 Å². The van der Waals surface area contributed by atoms with E-state index in [9.17, 15) is 30.3 Å². The van der Waals surface area contributed by atoms with E-state index in [1.165, 1.54) is 0 Å². The number of nitrogens with one attached hydrogen (secondary N) is 1. The first kappa shape index (κ1) is 42.3. The summed E-state index contributed by atoms with van der Waals surface area (Å²) < 4.78 is 0. The Morgan fingerprint density at radius 2 is 1.70 bits per heavy atom. The molecular weight excluding hydrogens is 763 g/mol. The van der Waals surface area contributed by atoms with Crippen molar-refractivity contribution in [2.75, 3.05) is 13.2 Å². The molecule has 330 valence electrons. The Balaban J connectivity index is 1.22. The van der Waals surface area contributed by atoms with E-state index in [2.05, 4.69) is 56.1 Å². The quantitative estimate of drug-likeness (QED) is 0.120. The van der Waals surface area contributed by atoms with Gasteiger partial charge in [0.05, 0.1) is 24.9 Å². The molecule has 10 aliphatic rings. The van der Waals surface area contributed by atoms with Crippen LogP contribution in [0.3, 0.4) is 0 Å². The van der Waals surface area contributed by atoms with Crippen LogP contribution < -0.4 is 15.8 Å². The molecule has 0 unspecified atom stereocenters. The first-order valence-electron chi connectivity index (χ1n) is 24.3. The first-order chi connectivity index (χ1) is 29.2. The SMILES string of the molecule is CCCNCc1ccc(C=O)c2c1=C[C@@H]1[C@@H](C=2)CC[C@@]23CC[C@@H]4[C@](C)([C@H](O)CO)[C@@H](O)CC[C@@]14[C@H]2C(=O)C=C1[C@H]2C[C@@]4(C)CCC#C[C@H](O)[C@]2([C@@H](O)C[C@]13C)C1(CCCC1)C4. The molecule has 1 aromatic rings. The average molecular weight is 834 g/mol. The number of allylic oxidation sites excluding steroid dienone is 2. The fourth-order valence-corrected chi connectivity index (χ4v) is 18.4. The van der Waals surface area contributed by atoms with E-state index >= 15 is 4.79 Å². The van der Waals surface area contributed by atoms with Crippen molar-refractivity contribution in [3.63, 3.8) is 0 Å². The van der Waals surface area contributed by atoms with E-state index in [4.69, 9.17) is 0 Å². The number of benzene rings is 1. The fraction of sp³-hybridized carbons (Fsp3) is 0.736. The first-order valence-corrected chi connectivity index (χ1v) is 24.3. The van der Waals surface area contributed by atoms with Gasteiger partial charge in [0.25, 0.3) is 0 Å². The Morgan fingerprint density at radius 3 is 2.44 bits per heavy atom. The molecule has 10 aliphatic carbocycles. The molecule has 61 heavy (non-hydrogen) atoms. The van der Waals surface area contributed by atoms with Crippen molar-refractivity contribution in [3.05, 3.63) is 45.3 Å². The molecule has 0 aliphatic heterocycles. The molecule has 6 saturated carbocycles. The zero-order chi connectivity index (χ0) is 43.0. The maximum absolute atomic E-state index is 16.2. The van der Waals surface area contributed by atoms with E-state index in [1.54, 1.807) is 0 Å². The lowest BCUT2D eigenvalue weighted by atomic mass is 9.29. The number of carbonyl (C=O) groups excluding carboxylic acids is 2. The number of hydrogen-bond acceptors (Lipinski definition) is 8. The normalized spacial score (nSPS) is 46.7. The number of rotatable bonds is 7. The number of fused-ring (bicyclic) bond motifs is 6. The van der Waals surface area contributed by atoms with Gasteiger partial charge < -0.3 is 30.8 Å². The second-order valence-electron chi connectivity index (χ2n) is 22.9. The van der Waals surface area contributed by atoms with Crippen molar-refractivity contribution in [2.24, 2.45) is 67.5 Å². The van der Waals surface area contributed by atoms with E-state index in [1.807, 2.05) is 19.1 Å². The molecule has 0 saturated heterocycles. The zero-order valence-electron chi connectivity index (χ0n) is 37.1. The third kappa shape index (κ3) is 5.29. The van der Waals surface area contributed by atoms with Crippen molar-refractivity contribution in [1.82, 2.24) is 5.32 Å². The minimum atomic E-state index is -1.17. The highest BCUT2D eigenvalue weighted by Crippen LogP contribution is 2.82. The average Bonchev–Trinajstić information content (AvgIpc) is 3.70. The zero-order valence-corrected chi connectivity index (χ0v) is 37.1. The van der Waals surface area contributed by atoms with Crippen LogP contribution in [0.25, 0.3) is 12.2 Å². The Morgan fingerprint density at radius 1 is 0.934 bits per heavy atom. The van der Waals surface area contributed by atoms with Crippen molar-refractivity contribution in [2.45, 2.75) is 161 Å². The molecule has 11 rings (SSSR count). The molecule has 6 fully saturated rings. The number of hydrogen-bond donors (Lipinski definition) is 6. The van der Waals surface area contributed by atoms with Crippen molar-refractivity contribution in [3.8, 4) is 11.8 Å². The van der Waals surface area contributed by atoms with E-state index < -0.39 is 64.0 Å². The highest BCUT2D eigenvalue weighted by molar-refractivity contribution is 5.96. The minimum absolute atomic E-state index is 0.00252. The van der Waals surface area contributed by atoms with Crippen LogP contribution in [0.15, 0.2) is 23.8 Å². The number of ketones is 1. The lowest BCUT2D eigenvalue weighted by Crippen LogP contribution is -2.74. The topological polar surface area (TPSA) is 147 Å². The molecule has 0 aromatic heterocycles. The van der Waals surface area contributed by atoms with Gasteiger partial charge in [-0.3, -0.25) is 9.59 Å². The van der Waals surface area contributed by atoms with Crippen LogP contribution in [0.5, 0.6) is 0 Å². The molecule has 1 aromatic carbocycles. The third-order valence-corrected chi connectivity index (χ3v) is 20.8. The van der Waals surface area contributed by atoms with Crippen LogP contribution in [0, 0.1) is 79.3 Å². The molecule has 0 amide bonds. The van der Waals surface area contributed by atoms with Crippen LogP contribution in [-0.2, 0) is 11.3 Å². The van der Waals surface area contributed by atoms with Gasteiger partial charge in [-0.05, 0) is 163 Å². The highest BCUT2D eigenvalue weighted by atomic mass is 16.3. The molecular formula is C53H71NO7. The molecule has 3 spiro atoms. The summed E-state index contributed by atoms with van der Waals surface area (Å²) in [5, 5.41) is 66.2. The van der Waals surface area contributed by atoms with E-state index in [0.29, 0.717) is 44.2 Å². The monoisotopic (exact) mass is 834 g/mol. The summed E-state index contributed by atoms with van der Waals surface area (Å²) >= 11 is 0. The predicted molar refractivity (Wildman–Crippen MR) is 235 cm³/mol. The van der Waals surface area contributed by atoms with Crippen LogP contribution in [0.4, 0.5) is 0 Å². The van der Waals surface area contributed by atoms with Crippen LogP contribution in [0.2, 0.25) is 0 Å². The highest BCUT2D eigenvalue weighted by Gasteiger charge is 2.79. The number of carbonyl (C=O) groups is 2. The summed E-state index contributed by atoms with van der Waals surface area (Å²) in [4.78, 5) is 28.9. The van der Waals surface area contributed by atoms with Crippen molar-refractivity contribution >= 4 is 24.2 Å². The van der Waals surface area contributed by atoms with Crippen LogP contribution >= 0.6 is 0 Å². The number of aliphatic hydroxyl groups excluding tert-OH is 5. The molecule has 0 heterocycles. The summed E-state index contributed by atoms with van der Waals surface area (Å²) in [6.45, 7) is 9.95. The van der Waals surface area contributed by atoms with Gasteiger partial charge in [-0.25, -0.2) is 0 Å². The smallest absolute Gasteiger partial charge is 0.159 e. The fourth-order valence-electron chi connectivity index (χ4n) is 18.4. The lowest BCUT2D eigenvalue weighted by Gasteiger charge is -2.75. The Bertz CT molecular complexity index is 2210. The summed E-state index contributed by atoms with van der Waals surface area (Å²) in [5.41, 5.74) is -1.10. The third-order valence-electron chi connectivity index (χ3n) is 20.8. The van der Waals surface area contributed by atoms with Crippen molar-refractivity contribution < 1.29 is 35.1 Å². The number of aliphatic hydroxyl groups is 5. The predicted octanol–water partition coefficient (Wildman–Crippen LogP) is 5.51. The van der Waals surface area contributed by atoms with Gasteiger partial charge in [0.2, 0.25) is 0 Å². The largest absolute Gasteiger partial charge is 0.394 e. The molecule has 0 radical (unpaired) electrons. The Labute approximate surface area is 362 Å². The van der Waals surface area contributed by atoms with Gasteiger partial charge in [-0.1, -0.05) is 76.3 Å². The van der Waals surface area contributed by atoms with Crippen molar-refractivity contribution in [1.29, 1.82) is 0 Å². The standard InChI is InChI=1S/C53H71NO7/c1-5-22-54-28-33-11-12-34(29-55)35-23-32-13-19-51-20-14-41-49(4,45(61)30-56)42(58)15-21-52(41,37(32)24-36(33)35)46(51)40(57)25-38-39-26-47(2)16-7-6-10-43(59)53(39,44(60)27-48(38,51)3)50(31-47)17-8-9-18-50/h11-12,23-25,29,32,37,39,41-46,54,56,58-61H,5,7-9,13-22,26-28,30-31H2,1-4H3/t32-,37-,39-,41-,42+,43+,44+,45-,46+,47-,48-,49+,51-,52-,53-/m1/s1. The van der Waals surface area contributed by atoms with Crippen LogP contribution in [0.1, 0.15) is 146 Å². The van der Waals surface area contributed by atoms with Gasteiger partial charge in [0.1, 0.15) is 6.10 Å². The maximum atomic E-state index is 16.2. The van der Waals surface area contributed by atoms with Gasteiger partial charge >= 0.3 is 0 Å². The van der Waals surface area contributed by atoms with Crippen LogP contribution in [-0.4, -0.2) is 75.2 Å². The molecule has 8 nitrogen and oxygen atoms in total. The number of aldehydes is 1. The summed E-state index contributed by atoms with van der Waals surface area (Å²) in [6.07, 6.45) is 16.9. The molecule has 6 N–H and O–H groups in total. The minimum Gasteiger partial charge on any atom is -0.394 e. The summed E-state index contributed by atoms with van der Waals surface area (Å²) in [5.74, 6) is 5.79. The lowest BCUT2D eigenvalue weighted by molar-refractivity contribution is -0.266. The summed E-state index contributed by atoms with van der Waals surface area (Å²) in [7, 11) is 0. The van der Waals surface area contributed by atoms with Gasteiger partial charge in [0.15, 0.2) is 12.1 Å². The Hall–Kier alpha value is -2.64. The van der Waals surface area contributed by atoms with E-state index in [0.717, 1.165) is 105 Å². The molecule has 8 heteroatoms. The van der Waals surface area contributed by atoms with Gasteiger partial charge in [-0.15, -0.1) is 5.92 Å². The second kappa shape index (κ2) is 14.4. The van der Waals surface area contributed by atoms with Gasteiger partial charge in [0, 0.05) is 35.3 Å². The van der Waals surface area contributed by atoms with E-state index in [-0.39, 0.29) is 40.3 Å². The molecule has 4 bridgehead atoms. The Kier molecular flexibility index (Phi) is 10.0. The second-order valence-corrected chi connectivity index (χ2v) is 22.9. The molecule has 15 atom stereocenters. The maximum Gasteiger partial charge on any atom is 0.159 e. The summed E-state index contributed by atoms with van der Waals surface area (Å²) in [6, 6.07) is 4.01.